The lowest BCUT2D eigenvalue weighted by Crippen LogP contribution is -2.65. The number of benzene rings is 1. The molecule has 3 aliphatic carbocycles. The molecule has 3 heterocycles. The van der Waals surface area contributed by atoms with Crippen LogP contribution in [0, 0.1) is 23.1 Å². The Hall–Kier alpha value is -5.10. The van der Waals surface area contributed by atoms with Gasteiger partial charge in [0, 0.05) is 25.8 Å². The molecule has 0 spiro atoms. The smallest absolute Gasteiger partial charge is 0.482 e. The number of pyridine rings is 1. The third kappa shape index (κ3) is 9.11. The lowest BCUT2D eigenvalue weighted by atomic mass is 9.43. The topological polar surface area (TPSA) is 192 Å². The van der Waals surface area contributed by atoms with Gasteiger partial charge in [-0.2, -0.15) is 0 Å². The molecule has 5 aliphatic rings. The van der Waals surface area contributed by atoms with Crippen LogP contribution in [0.1, 0.15) is 120 Å². The molecule has 18 heteroatoms. The van der Waals surface area contributed by atoms with Crippen molar-refractivity contribution in [2.24, 2.45) is 17.3 Å². The highest BCUT2D eigenvalue weighted by molar-refractivity contribution is 6.48. The second-order valence-corrected chi connectivity index (χ2v) is 19.0. The summed E-state index contributed by atoms with van der Waals surface area (Å²) in [6.45, 7) is 18.3. The number of carbonyl (C=O) groups is 6. The number of esters is 2. The maximum absolute atomic E-state index is 16.2. The number of halogens is 1. The lowest BCUT2D eigenvalue weighted by molar-refractivity contribution is -0.199. The number of nitrogens with zero attached hydrogens (tertiary/aromatic N) is 3. The quantitative estimate of drug-likeness (QED) is 0.182. The summed E-state index contributed by atoms with van der Waals surface area (Å²) in [4.78, 5) is 86.7. The number of hydrogen-bond acceptors (Lipinski definition) is 12. The average molecular weight is 850 g/mol. The molecule has 330 valence electrons. The predicted molar refractivity (Wildman–Crippen MR) is 219 cm³/mol. The molecule has 61 heavy (non-hydrogen) atoms. The van der Waals surface area contributed by atoms with Crippen LogP contribution in [0.25, 0.3) is 0 Å². The lowest BCUT2D eigenvalue weighted by Gasteiger charge is -2.64. The SMILES string of the molecule is CCN1CCN(C(=O)NC(C(=O)NC(Cc2cccc(C(=O)OC(C)(C)C)c2OC)B2O[C@@H]3C[C@@H]4C[C@@H](C4(C)C)[C@]3(C)O2)c2ncc(C(=O)OC(C)(C)C)cc2F)C(=O)C1=O. The van der Waals surface area contributed by atoms with Crippen molar-refractivity contribution in [3.05, 3.63) is 58.7 Å². The maximum Gasteiger partial charge on any atom is 0.482 e. The first kappa shape index (κ1) is 45.4. The minimum Gasteiger partial charge on any atom is -0.496 e. The van der Waals surface area contributed by atoms with E-state index in [9.17, 15) is 28.8 Å². The fraction of sp³-hybridized carbons (Fsp3) is 0.605. The summed E-state index contributed by atoms with van der Waals surface area (Å²) >= 11 is 0. The van der Waals surface area contributed by atoms with Crippen LogP contribution in [0.5, 0.6) is 5.75 Å². The zero-order chi connectivity index (χ0) is 45.0. The van der Waals surface area contributed by atoms with Gasteiger partial charge in [0.25, 0.3) is 0 Å². The number of urea groups is 1. The molecule has 6 atom stereocenters. The van der Waals surface area contributed by atoms with Crippen LogP contribution in [0.2, 0.25) is 0 Å². The number of nitrogens with one attached hydrogen (secondary N) is 2. The normalized spacial score (nSPS) is 24.3. The van der Waals surface area contributed by atoms with Gasteiger partial charge in [-0.05, 0) is 110 Å². The number of aromatic nitrogens is 1. The van der Waals surface area contributed by atoms with E-state index in [2.05, 4.69) is 29.5 Å². The van der Waals surface area contributed by atoms with Crippen molar-refractivity contribution < 1.29 is 56.7 Å². The third-order valence-corrected chi connectivity index (χ3v) is 12.2. The monoisotopic (exact) mass is 849 g/mol. The van der Waals surface area contributed by atoms with Crippen molar-refractivity contribution in [3.63, 3.8) is 0 Å². The molecule has 2 unspecified atom stereocenters. The molecule has 2 aromatic rings. The van der Waals surface area contributed by atoms with E-state index in [1.807, 2.05) is 6.92 Å². The molecule has 1 aromatic heterocycles. The zero-order valence-corrected chi connectivity index (χ0v) is 36.8. The van der Waals surface area contributed by atoms with E-state index < -0.39 is 83.1 Å². The van der Waals surface area contributed by atoms with Crippen molar-refractivity contribution in [3.8, 4) is 5.75 Å². The molecule has 2 bridgehead atoms. The summed E-state index contributed by atoms with van der Waals surface area (Å²) in [6, 6.07) is 2.69. The summed E-state index contributed by atoms with van der Waals surface area (Å²) in [7, 11) is 0.329. The first-order valence-electron chi connectivity index (χ1n) is 20.7. The Morgan fingerprint density at radius 3 is 2.26 bits per heavy atom. The van der Waals surface area contributed by atoms with Crippen LogP contribution in [-0.2, 0) is 39.6 Å². The third-order valence-electron chi connectivity index (χ3n) is 12.2. The van der Waals surface area contributed by atoms with Gasteiger partial charge >= 0.3 is 36.9 Å². The second kappa shape index (κ2) is 16.6. The molecule has 3 saturated carbocycles. The van der Waals surface area contributed by atoms with Gasteiger partial charge in [-0.3, -0.25) is 24.3 Å². The molecular formula is C43H57BFN5O11. The van der Waals surface area contributed by atoms with E-state index in [0.29, 0.717) is 16.4 Å². The van der Waals surface area contributed by atoms with Crippen LogP contribution < -0.4 is 15.4 Å². The second-order valence-electron chi connectivity index (χ2n) is 19.0. The van der Waals surface area contributed by atoms with Crippen molar-refractivity contribution >= 4 is 42.8 Å². The van der Waals surface area contributed by atoms with Gasteiger partial charge in [-0.1, -0.05) is 26.0 Å². The Bertz CT molecular complexity index is 2100. The Morgan fingerprint density at radius 1 is 0.984 bits per heavy atom. The summed E-state index contributed by atoms with van der Waals surface area (Å²) in [5.74, 6) is -5.99. The van der Waals surface area contributed by atoms with Crippen LogP contribution in [0.4, 0.5) is 9.18 Å². The van der Waals surface area contributed by atoms with Gasteiger partial charge in [-0.15, -0.1) is 0 Å². The number of likely N-dealkylation sites (N-methyl/N-ethyl adjacent to an activating group) is 1. The number of amides is 5. The highest BCUT2D eigenvalue weighted by Gasteiger charge is 2.68. The Kier molecular flexibility index (Phi) is 12.4. The van der Waals surface area contributed by atoms with E-state index >= 15 is 4.39 Å². The molecule has 2 saturated heterocycles. The standard InChI is InChI=1S/C43H57BFN5O11/c1-12-49-16-17-50(36(53)35(49)52)39(56)48-32(31-27(45)18-24(22-46-31)37(54)58-40(2,3)4)34(51)47-30(44-60-29-21-25-20-28(42(25,8)9)43(29,10)61-44)19-23-14-13-15-26(33(23)57-11)38(55)59-41(5,6)7/h13-15,18,22,25,28-30,32H,12,16-17,19-21H2,1-11H3,(H,47,51)(H,48,56)/t25-,28-,29+,30?,32?,43-/m0/s1. The highest BCUT2D eigenvalue weighted by Crippen LogP contribution is 2.65. The number of imide groups is 1. The number of para-hydroxylation sites is 1. The Morgan fingerprint density at radius 2 is 1.66 bits per heavy atom. The molecular weight excluding hydrogens is 792 g/mol. The van der Waals surface area contributed by atoms with Crippen molar-refractivity contribution in [2.75, 3.05) is 26.7 Å². The summed E-state index contributed by atoms with van der Waals surface area (Å²) in [5.41, 5.74) is -2.69. The minimum atomic E-state index is -1.92. The Balaban J connectivity index is 1.38. The summed E-state index contributed by atoms with van der Waals surface area (Å²) in [5, 5.41) is 5.33. The number of piperazine rings is 1. The van der Waals surface area contributed by atoms with Crippen LogP contribution in [0.3, 0.4) is 0 Å². The maximum atomic E-state index is 16.2. The largest absolute Gasteiger partial charge is 0.496 e. The Labute approximate surface area is 356 Å². The van der Waals surface area contributed by atoms with Crippen LogP contribution in [0.15, 0.2) is 30.5 Å². The highest BCUT2D eigenvalue weighted by atomic mass is 19.1. The van der Waals surface area contributed by atoms with Gasteiger partial charge in [0.2, 0.25) is 5.91 Å². The zero-order valence-electron chi connectivity index (χ0n) is 36.8. The number of rotatable bonds is 11. The predicted octanol–water partition coefficient (Wildman–Crippen LogP) is 4.58. The van der Waals surface area contributed by atoms with Gasteiger partial charge in [0.1, 0.15) is 34.0 Å². The molecule has 1 aromatic carbocycles. The number of carbonyl (C=O) groups excluding carboxylic acids is 6. The van der Waals surface area contributed by atoms with Crippen LogP contribution >= 0.6 is 0 Å². The van der Waals surface area contributed by atoms with Crippen molar-refractivity contribution in [2.45, 2.75) is 123 Å². The average Bonchev–Trinajstić information content (AvgIpc) is 3.53. The van der Waals surface area contributed by atoms with E-state index in [4.69, 9.17) is 23.5 Å². The molecule has 2 aliphatic heterocycles. The number of methoxy groups -OCH3 is 1. The number of hydrogen-bond donors (Lipinski definition) is 2. The first-order valence-corrected chi connectivity index (χ1v) is 20.7. The van der Waals surface area contributed by atoms with E-state index in [1.54, 1.807) is 66.7 Å². The summed E-state index contributed by atoms with van der Waals surface area (Å²) in [6.07, 6.45) is 2.33. The van der Waals surface area contributed by atoms with Gasteiger partial charge in [0.05, 0.1) is 30.3 Å². The van der Waals surface area contributed by atoms with E-state index in [1.165, 1.54) is 12.0 Å². The van der Waals surface area contributed by atoms with Gasteiger partial charge in [-0.25, -0.2) is 18.8 Å². The van der Waals surface area contributed by atoms with Crippen molar-refractivity contribution in [1.29, 1.82) is 0 Å². The number of ether oxygens (including phenoxy) is 3. The molecule has 0 radical (unpaired) electrons. The van der Waals surface area contributed by atoms with E-state index in [0.717, 1.165) is 25.1 Å². The molecule has 16 nitrogen and oxygen atoms in total. The summed E-state index contributed by atoms with van der Waals surface area (Å²) < 4.78 is 46.5. The fourth-order valence-corrected chi connectivity index (χ4v) is 9.01. The van der Waals surface area contributed by atoms with E-state index in [-0.39, 0.29) is 60.4 Å². The van der Waals surface area contributed by atoms with Crippen molar-refractivity contribution in [1.82, 2.24) is 25.4 Å². The van der Waals surface area contributed by atoms with Gasteiger partial charge in [0.15, 0.2) is 6.04 Å². The molecule has 7 rings (SSSR count). The fourth-order valence-electron chi connectivity index (χ4n) is 9.01. The molecule has 2 N–H and O–H groups in total. The minimum absolute atomic E-state index is 0.0152. The first-order chi connectivity index (χ1) is 28.4. The molecule has 5 amide bonds. The van der Waals surface area contributed by atoms with Crippen LogP contribution in [-0.4, -0.2) is 113 Å². The molecule has 5 fully saturated rings. The van der Waals surface area contributed by atoms with Gasteiger partial charge < -0.3 is 39.1 Å².